The molecule has 8 nitrogen and oxygen atoms in total. The Kier molecular flexibility index (Phi) is 9.51. The first-order valence-electron chi connectivity index (χ1n) is 13.5. The molecular formula is C30H36N2O6. The summed E-state index contributed by atoms with van der Waals surface area (Å²) >= 11 is 0. The Hall–Kier alpha value is -3.68. The van der Waals surface area contributed by atoms with Crippen LogP contribution in [0.4, 0.5) is 4.79 Å². The molecule has 202 valence electrons. The van der Waals surface area contributed by atoms with Gasteiger partial charge in [0.05, 0.1) is 13.0 Å². The molecule has 2 aliphatic rings. The SMILES string of the molecule is CCOC(=O)CCNC(=O)c1ccc2c(c1)C(=O)C(CCC1CCN(C(=O)OCc3ccccc3)CC1)C2. The van der Waals surface area contributed by atoms with Gasteiger partial charge in [0.1, 0.15) is 6.61 Å². The molecule has 0 aromatic heterocycles. The number of likely N-dealkylation sites (tertiary alicyclic amines) is 1. The van der Waals surface area contributed by atoms with E-state index in [1.165, 1.54) is 0 Å². The van der Waals surface area contributed by atoms with E-state index in [1.807, 2.05) is 36.4 Å². The van der Waals surface area contributed by atoms with E-state index in [0.29, 0.717) is 43.2 Å². The third-order valence-corrected chi connectivity index (χ3v) is 7.40. The fourth-order valence-corrected chi connectivity index (χ4v) is 5.20. The van der Waals surface area contributed by atoms with Gasteiger partial charge >= 0.3 is 12.1 Å². The second kappa shape index (κ2) is 13.2. The normalized spacial score (nSPS) is 17.1. The van der Waals surface area contributed by atoms with Crippen molar-refractivity contribution >= 4 is 23.8 Å². The minimum absolute atomic E-state index is 0.0685. The predicted octanol–water partition coefficient (Wildman–Crippen LogP) is 4.55. The summed E-state index contributed by atoms with van der Waals surface area (Å²) in [4.78, 5) is 51.2. The van der Waals surface area contributed by atoms with Gasteiger partial charge in [0.15, 0.2) is 5.78 Å². The lowest BCUT2D eigenvalue weighted by Gasteiger charge is -2.31. The highest BCUT2D eigenvalue weighted by Crippen LogP contribution is 2.33. The molecule has 1 fully saturated rings. The second-order valence-corrected chi connectivity index (χ2v) is 10.00. The summed E-state index contributed by atoms with van der Waals surface area (Å²) in [5, 5.41) is 2.71. The number of fused-ring (bicyclic) bond motifs is 1. The zero-order valence-electron chi connectivity index (χ0n) is 21.9. The lowest BCUT2D eigenvalue weighted by Crippen LogP contribution is -2.38. The van der Waals surface area contributed by atoms with Gasteiger partial charge in [0.2, 0.25) is 0 Å². The maximum Gasteiger partial charge on any atom is 0.410 e. The van der Waals surface area contributed by atoms with Crippen LogP contribution in [0.25, 0.3) is 0 Å². The zero-order chi connectivity index (χ0) is 26.9. The Morgan fingerprint density at radius 2 is 1.76 bits per heavy atom. The van der Waals surface area contributed by atoms with Crippen LogP contribution in [0.1, 0.15) is 70.9 Å². The van der Waals surface area contributed by atoms with Crippen molar-refractivity contribution in [3.8, 4) is 0 Å². The van der Waals surface area contributed by atoms with Crippen LogP contribution in [0.2, 0.25) is 0 Å². The highest BCUT2D eigenvalue weighted by atomic mass is 16.6. The van der Waals surface area contributed by atoms with Crippen LogP contribution < -0.4 is 5.32 Å². The molecule has 38 heavy (non-hydrogen) atoms. The average molecular weight is 521 g/mol. The predicted molar refractivity (Wildman–Crippen MR) is 142 cm³/mol. The molecule has 1 aliphatic heterocycles. The Bertz CT molecular complexity index is 1140. The van der Waals surface area contributed by atoms with Gasteiger partial charge < -0.3 is 19.7 Å². The summed E-state index contributed by atoms with van der Waals surface area (Å²) in [7, 11) is 0. The number of benzene rings is 2. The van der Waals surface area contributed by atoms with Gasteiger partial charge in [-0.3, -0.25) is 14.4 Å². The van der Waals surface area contributed by atoms with Crippen molar-refractivity contribution in [3.05, 3.63) is 70.8 Å². The van der Waals surface area contributed by atoms with E-state index in [0.717, 1.165) is 36.8 Å². The van der Waals surface area contributed by atoms with Gasteiger partial charge in [-0.15, -0.1) is 0 Å². The lowest BCUT2D eigenvalue weighted by atomic mass is 9.87. The average Bonchev–Trinajstić information content (AvgIpc) is 3.26. The molecule has 1 aliphatic carbocycles. The van der Waals surface area contributed by atoms with Crippen LogP contribution in [-0.4, -0.2) is 54.9 Å². The topological polar surface area (TPSA) is 102 Å². The summed E-state index contributed by atoms with van der Waals surface area (Å²) in [6, 6.07) is 14.9. The molecular weight excluding hydrogens is 484 g/mol. The van der Waals surface area contributed by atoms with Gasteiger partial charge in [-0.05, 0) is 68.2 Å². The summed E-state index contributed by atoms with van der Waals surface area (Å²) in [6.45, 7) is 3.86. The molecule has 4 rings (SSSR count). The van der Waals surface area contributed by atoms with Crippen molar-refractivity contribution in [2.45, 2.75) is 52.1 Å². The number of ether oxygens (including phenoxy) is 2. The van der Waals surface area contributed by atoms with Crippen molar-refractivity contribution in [3.63, 3.8) is 0 Å². The van der Waals surface area contributed by atoms with Gasteiger partial charge in [-0.25, -0.2) is 4.79 Å². The molecule has 1 saturated heterocycles. The monoisotopic (exact) mass is 520 g/mol. The standard InChI is InChI=1S/C30H36N2O6/c1-2-37-27(33)12-15-31-29(35)25-11-10-23-18-24(28(34)26(23)19-25)9-8-21-13-16-32(17-14-21)30(36)38-20-22-6-4-3-5-7-22/h3-7,10-11,19,21,24H,2,8-9,12-18,20H2,1H3,(H,31,35). The van der Waals surface area contributed by atoms with Crippen LogP contribution in [0.3, 0.4) is 0 Å². The van der Waals surface area contributed by atoms with E-state index in [-0.39, 0.29) is 49.2 Å². The number of hydrogen-bond acceptors (Lipinski definition) is 6. The van der Waals surface area contributed by atoms with Crippen LogP contribution in [0.15, 0.2) is 48.5 Å². The molecule has 1 N–H and O–H groups in total. The third-order valence-electron chi connectivity index (χ3n) is 7.40. The maximum atomic E-state index is 13.1. The number of nitrogens with one attached hydrogen (secondary N) is 1. The number of piperidine rings is 1. The van der Waals surface area contributed by atoms with E-state index in [9.17, 15) is 19.2 Å². The first-order valence-corrected chi connectivity index (χ1v) is 13.5. The first kappa shape index (κ1) is 27.4. The number of amides is 2. The second-order valence-electron chi connectivity index (χ2n) is 10.00. The summed E-state index contributed by atoms with van der Waals surface area (Å²) in [5.41, 5.74) is 3.01. The molecule has 0 saturated carbocycles. The number of nitrogens with zero attached hydrogens (tertiary/aromatic N) is 1. The number of esters is 1. The van der Waals surface area contributed by atoms with Crippen molar-refractivity contribution in [2.75, 3.05) is 26.2 Å². The Labute approximate surface area is 223 Å². The van der Waals surface area contributed by atoms with Crippen LogP contribution in [-0.2, 0) is 27.3 Å². The highest BCUT2D eigenvalue weighted by molar-refractivity contribution is 6.05. The molecule has 1 heterocycles. The molecule has 0 bridgehead atoms. The van der Waals surface area contributed by atoms with Gasteiger partial charge in [-0.1, -0.05) is 36.4 Å². The summed E-state index contributed by atoms with van der Waals surface area (Å²) in [5.74, 6) is -0.148. The summed E-state index contributed by atoms with van der Waals surface area (Å²) in [6.07, 6.45) is 4.10. The number of Topliss-reactive ketones (excluding diaryl/α,β-unsaturated/α-hetero) is 1. The fourth-order valence-electron chi connectivity index (χ4n) is 5.20. The van der Waals surface area contributed by atoms with Crippen molar-refractivity contribution in [1.82, 2.24) is 10.2 Å². The van der Waals surface area contributed by atoms with E-state index in [4.69, 9.17) is 9.47 Å². The zero-order valence-corrected chi connectivity index (χ0v) is 21.9. The number of carbonyl (C=O) groups is 4. The van der Waals surface area contributed by atoms with Gasteiger partial charge in [0, 0.05) is 36.7 Å². The van der Waals surface area contributed by atoms with Crippen molar-refractivity contribution in [1.29, 1.82) is 0 Å². The molecule has 0 radical (unpaired) electrons. The van der Waals surface area contributed by atoms with E-state index in [1.54, 1.807) is 24.0 Å². The Morgan fingerprint density at radius 1 is 1.00 bits per heavy atom. The van der Waals surface area contributed by atoms with Crippen molar-refractivity contribution in [2.24, 2.45) is 11.8 Å². The number of hydrogen-bond donors (Lipinski definition) is 1. The molecule has 2 aromatic carbocycles. The molecule has 1 unspecified atom stereocenters. The maximum absolute atomic E-state index is 13.1. The third kappa shape index (κ3) is 7.21. The quantitative estimate of drug-likeness (QED) is 0.461. The van der Waals surface area contributed by atoms with Crippen molar-refractivity contribution < 1.29 is 28.7 Å². The lowest BCUT2D eigenvalue weighted by molar-refractivity contribution is -0.142. The van der Waals surface area contributed by atoms with E-state index in [2.05, 4.69) is 5.32 Å². The minimum atomic E-state index is -0.353. The summed E-state index contributed by atoms with van der Waals surface area (Å²) < 4.78 is 10.3. The number of ketones is 1. The molecule has 2 aromatic rings. The van der Waals surface area contributed by atoms with Gasteiger partial charge in [0.25, 0.3) is 5.91 Å². The minimum Gasteiger partial charge on any atom is -0.466 e. The van der Waals surface area contributed by atoms with Gasteiger partial charge in [-0.2, -0.15) is 0 Å². The number of rotatable bonds is 10. The van der Waals surface area contributed by atoms with E-state index >= 15 is 0 Å². The largest absolute Gasteiger partial charge is 0.466 e. The molecule has 0 spiro atoms. The molecule has 2 amide bonds. The number of carbonyl (C=O) groups excluding carboxylic acids is 4. The smallest absolute Gasteiger partial charge is 0.410 e. The fraction of sp³-hybridized carbons (Fsp3) is 0.467. The Balaban J connectivity index is 1.19. The van der Waals surface area contributed by atoms with E-state index < -0.39 is 0 Å². The molecule has 8 heteroatoms. The Morgan fingerprint density at radius 3 is 2.50 bits per heavy atom. The molecule has 1 atom stereocenters. The van der Waals surface area contributed by atoms with Crippen LogP contribution >= 0.6 is 0 Å². The highest BCUT2D eigenvalue weighted by Gasteiger charge is 2.32. The van der Waals surface area contributed by atoms with Crippen LogP contribution in [0.5, 0.6) is 0 Å². The first-order chi connectivity index (χ1) is 18.4. The van der Waals surface area contributed by atoms with Crippen LogP contribution in [0, 0.1) is 11.8 Å².